The van der Waals surface area contributed by atoms with Crippen molar-refractivity contribution in [3.63, 3.8) is 0 Å². The maximum Gasteiger partial charge on any atom is 0.123 e. The van der Waals surface area contributed by atoms with Crippen LogP contribution in [-0.2, 0) is 0 Å². The van der Waals surface area contributed by atoms with Crippen LogP contribution < -0.4 is 14.8 Å². The number of rotatable bonds is 3. The number of benzene rings is 1. The molecule has 1 aromatic rings. The van der Waals surface area contributed by atoms with Crippen LogP contribution in [0.2, 0.25) is 0 Å². The maximum absolute atomic E-state index is 5.36. The van der Waals surface area contributed by atoms with Gasteiger partial charge in [0.1, 0.15) is 11.5 Å². The first kappa shape index (κ1) is 10.3. The van der Waals surface area contributed by atoms with Crippen LogP contribution in [0.4, 0.5) is 0 Å². The van der Waals surface area contributed by atoms with Gasteiger partial charge in [0.25, 0.3) is 0 Å². The first-order valence-corrected chi connectivity index (χ1v) is 5.30. The molecular weight excluding hydrogens is 190 g/mol. The van der Waals surface area contributed by atoms with Crippen molar-refractivity contribution in [1.82, 2.24) is 5.32 Å². The molecule has 2 rings (SSSR count). The zero-order valence-corrected chi connectivity index (χ0v) is 9.25. The number of hydrogen-bond donors (Lipinski definition) is 1. The van der Waals surface area contributed by atoms with Crippen molar-refractivity contribution in [2.75, 3.05) is 20.8 Å². The minimum atomic E-state index is 0.412. The first-order chi connectivity index (χ1) is 7.35. The quantitative estimate of drug-likeness (QED) is 0.823. The average molecular weight is 207 g/mol. The molecule has 0 amide bonds. The van der Waals surface area contributed by atoms with Crippen molar-refractivity contribution in [3.05, 3.63) is 23.8 Å². The van der Waals surface area contributed by atoms with Crippen molar-refractivity contribution in [2.24, 2.45) is 0 Å². The Bertz CT molecular complexity index is 332. The van der Waals surface area contributed by atoms with Gasteiger partial charge in [-0.25, -0.2) is 0 Å². The summed E-state index contributed by atoms with van der Waals surface area (Å²) in [7, 11) is 3.40. The number of hydrogen-bond acceptors (Lipinski definition) is 3. The van der Waals surface area contributed by atoms with Crippen molar-refractivity contribution < 1.29 is 9.47 Å². The molecule has 1 saturated heterocycles. The van der Waals surface area contributed by atoms with Crippen LogP contribution in [-0.4, -0.2) is 20.8 Å². The van der Waals surface area contributed by atoms with Gasteiger partial charge in [-0.05, 0) is 37.6 Å². The van der Waals surface area contributed by atoms with Gasteiger partial charge >= 0.3 is 0 Å². The molecule has 1 N–H and O–H groups in total. The molecule has 1 aliphatic rings. The SMILES string of the molecule is COc1ccc(OC)c([C@@H]2CCCN2)c1. The Morgan fingerprint density at radius 1 is 1.27 bits per heavy atom. The van der Waals surface area contributed by atoms with E-state index in [0.29, 0.717) is 6.04 Å². The third-order valence-corrected chi connectivity index (χ3v) is 2.87. The molecule has 1 aliphatic heterocycles. The van der Waals surface area contributed by atoms with Crippen molar-refractivity contribution >= 4 is 0 Å². The third-order valence-electron chi connectivity index (χ3n) is 2.87. The van der Waals surface area contributed by atoms with E-state index in [1.807, 2.05) is 12.1 Å². The fourth-order valence-electron chi connectivity index (χ4n) is 2.06. The lowest BCUT2D eigenvalue weighted by Gasteiger charge is -2.15. The lowest BCUT2D eigenvalue weighted by atomic mass is 10.0. The van der Waals surface area contributed by atoms with Gasteiger partial charge in [-0.1, -0.05) is 0 Å². The second-order valence-electron chi connectivity index (χ2n) is 3.76. The highest BCUT2D eigenvalue weighted by Crippen LogP contribution is 2.33. The lowest BCUT2D eigenvalue weighted by Crippen LogP contribution is -2.13. The molecule has 3 nitrogen and oxygen atoms in total. The number of nitrogens with one attached hydrogen (secondary N) is 1. The average Bonchev–Trinajstić information content (AvgIpc) is 2.81. The Hall–Kier alpha value is -1.22. The Morgan fingerprint density at radius 2 is 2.13 bits per heavy atom. The summed E-state index contributed by atoms with van der Waals surface area (Å²) in [4.78, 5) is 0. The summed E-state index contributed by atoms with van der Waals surface area (Å²) in [5.74, 6) is 1.83. The van der Waals surface area contributed by atoms with Gasteiger partial charge in [0.2, 0.25) is 0 Å². The van der Waals surface area contributed by atoms with Gasteiger partial charge in [-0.3, -0.25) is 0 Å². The predicted molar refractivity (Wildman–Crippen MR) is 59.5 cm³/mol. The number of methoxy groups -OCH3 is 2. The lowest BCUT2D eigenvalue weighted by molar-refractivity contribution is 0.393. The highest BCUT2D eigenvalue weighted by molar-refractivity contribution is 5.42. The molecule has 0 saturated carbocycles. The molecule has 0 radical (unpaired) electrons. The van der Waals surface area contributed by atoms with Crippen LogP contribution in [0.5, 0.6) is 11.5 Å². The molecule has 1 atom stereocenters. The summed E-state index contributed by atoms with van der Waals surface area (Å²) < 4.78 is 10.6. The summed E-state index contributed by atoms with van der Waals surface area (Å²) >= 11 is 0. The van der Waals surface area contributed by atoms with Crippen LogP contribution in [0.25, 0.3) is 0 Å². The summed E-state index contributed by atoms with van der Waals surface area (Å²) in [5, 5.41) is 3.46. The van der Waals surface area contributed by atoms with Gasteiger partial charge < -0.3 is 14.8 Å². The van der Waals surface area contributed by atoms with Crippen molar-refractivity contribution in [1.29, 1.82) is 0 Å². The summed E-state index contributed by atoms with van der Waals surface area (Å²) in [5.41, 5.74) is 1.20. The van der Waals surface area contributed by atoms with Gasteiger partial charge in [-0.2, -0.15) is 0 Å². The highest BCUT2D eigenvalue weighted by atomic mass is 16.5. The molecule has 82 valence electrons. The van der Waals surface area contributed by atoms with Crippen LogP contribution in [0.1, 0.15) is 24.4 Å². The Morgan fingerprint density at radius 3 is 2.73 bits per heavy atom. The molecule has 1 heterocycles. The zero-order chi connectivity index (χ0) is 10.7. The van der Waals surface area contributed by atoms with Crippen LogP contribution in [0.3, 0.4) is 0 Å². The van der Waals surface area contributed by atoms with E-state index < -0.39 is 0 Å². The standard InChI is InChI=1S/C12H17NO2/c1-14-9-5-6-12(15-2)10(8-9)11-4-3-7-13-11/h5-6,8,11,13H,3-4,7H2,1-2H3/t11-/m0/s1. The molecule has 1 fully saturated rings. The minimum Gasteiger partial charge on any atom is -0.497 e. The van der Waals surface area contributed by atoms with E-state index in [1.165, 1.54) is 18.4 Å². The van der Waals surface area contributed by atoms with E-state index in [9.17, 15) is 0 Å². The van der Waals surface area contributed by atoms with Crippen molar-refractivity contribution in [2.45, 2.75) is 18.9 Å². The van der Waals surface area contributed by atoms with E-state index in [-0.39, 0.29) is 0 Å². The largest absolute Gasteiger partial charge is 0.497 e. The molecule has 0 aliphatic carbocycles. The minimum absolute atomic E-state index is 0.412. The van der Waals surface area contributed by atoms with Crippen LogP contribution >= 0.6 is 0 Å². The molecule has 3 heteroatoms. The molecule has 0 bridgehead atoms. The maximum atomic E-state index is 5.36. The summed E-state index contributed by atoms with van der Waals surface area (Å²) in [6.45, 7) is 1.09. The second-order valence-corrected chi connectivity index (χ2v) is 3.76. The molecule has 0 unspecified atom stereocenters. The van der Waals surface area contributed by atoms with E-state index >= 15 is 0 Å². The molecule has 0 spiro atoms. The van der Waals surface area contributed by atoms with Crippen LogP contribution in [0.15, 0.2) is 18.2 Å². The van der Waals surface area contributed by atoms with Gasteiger partial charge in [0.15, 0.2) is 0 Å². The topological polar surface area (TPSA) is 30.5 Å². The second kappa shape index (κ2) is 4.53. The fraction of sp³-hybridized carbons (Fsp3) is 0.500. The van der Waals surface area contributed by atoms with E-state index in [2.05, 4.69) is 11.4 Å². The number of ether oxygens (including phenoxy) is 2. The molecular formula is C12H17NO2. The Labute approximate surface area is 90.4 Å². The fourth-order valence-corrected chi connectivity index (χ4v) is 2.06. The van der Waals surface area contributed by atoms with Crippen LogP contribution in [0, 0.1) is 0 Å². The first-order valence-electron chi connectivity index (χ1n) is 5.30. The molecule has 15 heavy (non-hydrogen) atoms. The summed E-state index contributed by atoms with van der Waals surface area (Å²) in [6, 6.07) is 6.36. The van der Waals surface area contributed by atoms with Gasteiger partial charge in [0.05, 0.1) is 14.2 Å². The predicted octanol–water partition coefficient (Wildman–Crippen LogP) is 2.13. The normalized spacial score (nSPS) is 20.3. The molecule has 0 aromatic heterocycles. The van der Waals surface area contributed by atoms with E-state index in [4.69, 9.17) is 9.47 Å². The Kier molecular flexibility index (Phi) is 3.11. The zero-order valence-electron chi connectivity index (χ0n) is 9.25. The highest BCUT2D eigenvalue weighted by Gasteiger charge is 2.20. The third kappa shape index (κ3) is 2.07. The monoisotopic (exact) mass is 207 g/mol. The van der Waals surface area contributed by atoms with Gasteiger partial charge in [0, 0.05) is 11.6 Å². The van der Waals surface area contributed by atoms with Crippen molar-refractivity contribution in [3.8, 4) is 11.5 Å². The van der Waals surface area contributed by atoms with Gasteiger partial charge in [-0.15, -0.1) is 0 Å². The van der Waals surface area contributed by atoms with E-state index in [1.54, 1.807) is 14.2 Å². The summed E-state index contributed by atoms with van der Waals surface area (Å²) in [6.07, 6.45) is 2.40. The molecule has 1 aromatic carbocycles. The van der Waals surface area contributed by atoms with E-state index in [0.717, 1.165) is 18.0 Å². The Balaban J connectivity index is 2.32. The smallest absolute Gasteiger partial charge is 0.123 e.